The van der Waals surface area contributed by atoms with Crippen molar-refractivity contribution < 1.29 is 14.0 Å². The maximum atomic E-state index is 12.6. The molecule has 3 N–H and O–H groups in total. The molecule has 1 atom stereocenters. The molecule has 25 heavy (non-hydrogen) atoms. The number of carbonyl (C=O) groups excluding carboxylic acids is 2. The third kappa shape index (κ3) is 3.84. The number of likely N-dealkylation sites (tertiary alicyclic amines) is 1. The first-order valence-electron chi connectivity index (χ1n) is 8.47. The van der Waals surface area contributed by atoms with Gasteiger partial charge in [0.1, 0.15) is 11.5 Å². The van der Waals surface area contributed by atoms with Crippen LogP contribution in [0, 0.1) is 19.8 Å². The van der Waals surface area contributed by atoms with E-state index in [1.165, 1.54) is 0 Å². The summed E-state index contributed by atoms with van der Waals surface area (Å²) in [5, 5.41) is 2.95. The standard InChI is InChI=1S/C19H23N3O3/c1-12-5-7-14(17-8-6-13(2)25-17)10-16(12)21-19(24)22-9-3-4-15(11-22)18(20)23/h5-8,10,15H,3-4,9,11H2,1-2H3,(H2,20,23)(H,21,24)/t15-/m1/s1. The number of rotatable bonds is 3. The Kier molecular flexibility index (Phi) is 4.79. The van der Waals surface area contributed by atoms with Gasteiger partial charge in [-0.05, 0) is 50.5 Å². The van der Waals surface area contributed by atoms with Crippen molar-refractivity contribution in [2.75, 3.05) is 18.4 Å². The molecule has 0 radical (unpaired) electrons. The molecule has 1 saturated heterocycles. The minimum atomic E-state index is -0.344. The lowest BCUT2D eigenvalue weighted by Gasteiger charge is -2.31. The Bertz CT molecular complexity index is 797. The van der Waals surface area contributed by atoms with Crippen LogP contribution in [0.1, 0.15) is 24.2 Å². The molecule has 0 saturated carbocycles. The van der Waals surface area contributed by atoms with E-state index in [1.54, 1.807) is 4.90 Å². The van der Waals surface area contributed by atoms with Crippen LogP contribution in [0.3, 0.4) is 0 Å². The number of carbonyl (C=O) groups is 2. The van der Waals surface area contributed by atoms with Crippen molar-refractivity contribution in [3.63, 3.8) is 0 Å². The third-order valence-corrected chi connectivity index (χ3v) is 4.62. The lowest BCUT2D eigenvalue weighted by Crippen LogP contribution is -2.45. The molecular formula is C19H23N3O3. The highest BCUT2D eigenvalue weighted by molar-refractivity contribution is 5.91. The molecule has 1 aliphatic rings. The van der Waals surface area contributed by atoms with Crippen molar-refractivity contribution in [2.45, 2.75) is 26.7 Å². The molecule has 132 valence electrons. The summed E-state index contributed by atoms with van der Waals surface area (Å²) < 4.78 is 5.65. The zero-order valence-corrected chi connectivity index (χ0v) is 14.5. The van der Waals surface area contributed by atoms with Gasteiger partial charge in [0.2, 0.25) is 5.91 Å². The normalized spacial score (nSPS) is 17.4. The highest BCUT2D eigenvalue weighted by Gasteiger charge is 2.27. The highest BCUT2D eigenvalue weighted by atomic mass is 16.3. The fraction of sp³-hybridized carbons (Fsp3) is 0.368. The van der Waals surface area contributed by atoms with Gasteiger partial charge in [0, 0.05) is 24.3 Å². The van der Waals surface area contributed by atoms with Gasteiger partial charge in [-0.1, -0.05) is 12.1 Å². The zero-order chi connectivity index (χ0) is 18.0. The molecule has 2 heterocycles. The van der Waals surface area contributed by atoms with Crippen LogP contribution in [0.2, 0.25) is 0 Å². The van der Waals surface area contributed by atoms with E-state index in [1.807, 2.05) is 44.2 Å². The maximum Gasteiger partial charge on any atom is 0.321 e. The van der Waals surface area contributed by atoms with Crippen LogP contribution in [-0.2, 0) is 4.79 Å². The van der Waals surface area contributed by atoms with Gasteiger partial charge < -0.3 is 20.4 Å². The van der Waals surface area contributed by atoms with Crippen molar-refractivity contribution in [3.8, 4) is 11.3 Å². The Hall–Kier alpha value is -2.76. The molecule has 2 aromatic rings. The number of benzene rings is 1. The fourth-order valence-corrected chi connectivity index (χ4v) is 3.09. The van der Waals surface area contributed by atoms with Gasteiger partial charge >= 0.3 is 6.03 Å². The summed E-state index contributed by atoms with van der Waals surface area (Å²) in [6.45, 7) is 4.84. The molecule has 1 aromatic carbocycles. The molecule has 0 spiro atoms. The van der Waals surface area contributed by atoms with Gasteiger partial charge in [-0.2, -0.15) is 0 Å². The van der Waals surface area contributed by atoms with Crippen molar-refractivity contribution in [1.82, 2.24) is 4.90 Å². The van der Waals surface area contributed by atoms with Crippen LogP contribution >= 0.6 is 0 Å². The van der Waals surface area contributed by atoms with E-state index < -0.39 is 0 Å². The minimum Gasteiger partial charge on any atom is -0.461 e. The summed E-state index contributed by atoms with van der Waals surface area (Å²) in [7, 11) is 0. The van der Waals surface area contributed by atoms with Crippen LogP contribution < -0.4 is 11.1 Å². The van der Waals surface area contributed by atoms with E-state index in [4.69, 9.17) is 10.2 Å². The van der Waals surface area contributed by atoms with Crippen molar-refractivity contribution in [1.29, 1.82) is 0 Å². The number of anilines is 1. The molecule has 1 fully saturated rings. The average Bonchev–Trinajstić information content (AvgIpc) is 3.03. The number of furan rings is 1. The number of nitrogens with one attached hydrogen (secondary N) is 1. The second kappa shape index (κ2) is 7.01. The van der Waals surface area contributed by atoms with E-state index >= 15 is 0 Å². The number of primary amides is 1. The van der Waals surface area contributed by atoms with Crippen molar-refractivity contribution in [2.24, 2.45) is 11.7 Å². The fourth-order valence-electron chi connectivity index (χ4n) is 3.09. The number of amides is 3. The minimum absolute atomic E-state index is 0.207. The third-order valence-electron chi connectivity index (χ3n) is 4.62. The van der Waals surface area contributed by atoms with Gasteiger partial charge in [-0.15, -0.1) is 0 Å². The van der Waals surface area contributed by atoms with Crippen LogP contribution in [0.15, 0.2) is 34.7 Å². The van der Waals surface area contributed by atoms with Crippen molar-refractivity contribution in [3.05, 3.63) is 41.7 Å². The molecular weight excluding hydrogens is 318 g/mol. The number of hydrogen-bond acceptors (Lipinski definition) is 3. The lowest BCUT2D eigenvalue weighted by atomic mass is 9.98. The zero-order valence-electron chi connectivity index (χ0n) is 14.5. The second-order valence-corrected chi connectivity index (χ2v) is 6.56. The van der Waals surface area contributed by atoms with Crippen molar-refractivity contribution >= 4 is 17.6 Å². The smallest absolute Gasteiger partial charge is 0.321 e. The van der Waals surface area contributed by atoms with E-state index in [0.717, 1.165) is 41.2 Å². The van der Waals surface area contributed by atoms with Crippen LogP contribution in [0.4, 0.5) is 10.5 Å². The predicted octanol–water partition coefficient (Wildman–Crippen LogP) is 3.29. The van der Waals surface area contributed by atoms with Crippen LogP contribution in [0.5, 0.6) is 0 Å². The van der Waals surface area contributed by atoms with E-state index in [2.05, 4.69) is 5.32 Å². The van der Waals surface area contributed by atoms with Gasteiger partial charge in [-0.25, -0.2) is 4.79 Å². The van der Waals surface area contributed by atoms with E-state index in [-0.39, 0.29) is 17.9 Å². The molecule has 3 amide bonds. The Morgan fingerprint density at radius 1 is 1.24 bits per heavy atom. The predicted molar refractivity (Wildman–Crippen MR) is 96.1 cm³/mol. The average molecular weight is 341 g/mol. The first-order valence-corrected chi connectivity index (χ1v) is 8.47. The lowest BCUT2D eigenvalue weighted by molar-refractivity contribution is -0.123. The monoisotopic (exact) mass is 341 g/mol. The Morgan fingerprint density at radius 2 is 2.04 bits per heavy atom. The molecule has 6 nitrogen and oxygen atoms in total. The summed E-state index contributed by atoms with van der Waals surface area (Å²) in [6, 6.07) is 9.43. The van der Waals surface area contributed by atoms with Gasteiger partial charge in [0.05, 0.1) is 5.92 Å². The first kappa shape index (κ1) is 17.1. The molecule has 1 aliphatic heterocycles. The number of hydrogen-bond donors (Lipinski definition) is 2. The van der Waals surface area contributed by atoms with Crippen LogP contribution in [-0.4, -0.2) is 29.9 Å². The topological polar surface area (TPSA) is 88.6 Å². The van der Waals surface area contributed by atoms with E-state index in [9.17, 15) is 9.59 Å². The molecule has 3 rings (SSSR count). The number of piperidine rings is 1. The summed E-state index contributed by atoms with van der Waals surface area (Å²) in [5.74, 6) is 0.994. The maximum absolute atomic E-state index is 12.6. The first-order chi connectivity index (χ1) is 11.9. The Balaban J connectivity index is 1.75. The summed E-state index contributed by atoms with van der Waals surface area (Å²) in [5.41, 5.74) is 7.99. The van der Waals surface area contributed by atoms with Gasteiger partial charge in [0.25, 0.3) is 0 Å². The summed E-state index contributed by atoms with van der Waals surface area (Å²) in [4.78, 5) is 25.6. The van der Waals surface area contributed by atoms with Crippen LogP contribution in [0.25, 0.3) is 11.3 Å². The Morgan fingerprint density at radius 3 is 2.72 bits per heavy atom. The number of aryl methyl sites for hydroxylation is 2. The highest BCUT2D eigenvalue weighted by Crippen LogP contribution is 2.27. The SMILES string of the molecule is Cc1ccc(-c2ccc(C)c(NC(=O)N3CCC[C@@H](C(N)=O)C3)c2)o1. The molecule has 6 heteroatoms. The molecule has 0 unspecified atom stereocenters. The molecule has 1 aromatic heterocycles. The molecule has 0 bridgehead atoms. The summed E-state index contributed by atoms with van der Waals surface area (Å²) in [6.07, 6.45) is 1.52. The second-order valence-electron chi connectivity index (χ2n) is 6.56. The quantitative estimate of drug-likeness (QED) is 0.898. The molecule has 0 aliphatic carbocycles. The van der Waals surface area contributed by atoms with Gasteiger partial charge in [0.15, 0.2) is 0 Å². The van der Waals surface area contributed by atoms with E-state index in [0.29, 0.717) is 13.1 Å². The Labute approximate surface area is 147 Å². The number of nitrogens with zero attached hydrogens (tertiary/aromatic N) is 1. The number of urea groups is 1. The largest absolute Gasteiger partial charge is 0.461 e. The number of nitrogens with two attached hydrogens (primary N) is 1. The summed E-state index contributed by atoms with van der Waals surface area (Å²) >= 11 is 0. The van der Waals surface area contributed by atoms with Gasteiger partial charge in [-0.3, -0.25) is 4.79 Å².